The minimum Gasteiger partial charge on any atom is -0.369 e. The molecule has 0 unspecified atom stereocenters. The van der Waals surface area contributed by atoms with Gasteiger partial charge in [-0.25, -0.2) is 4.99 Å². The Morgan fingerprint density at radius 1 is 1.42 bits per heavy atom. The van der Waals surface area contributed by atoms with E-state index in [1.165, 1.54) is 0 Å². The molecule has 0 amide bonds. The van der Waals surface area contributed by atoms with Gasteiger partial charge in [0.2, 0.25) is 5.96 Å². The van der Waals surface area contributed by atoms with Gasteiger partial charge in [0, 0.05) is 5.02 Å². The van der Waals surface area contributed by atoms with Gasteiger partial charge in [0.05, 0.1) is 13.2 Å². The highest BCUT2D eigenvalue weighted by Crippen LogP contribution is 2.15. The lowest BCUT2D eigenvalue weighted by Gasteiger charge is -2.09. The maximum atomic E-state index is 6.01. The van der Waals surface area contributed by atoms with Crippen molar-refractivity contribution in [3.63, 3.8) is 0 Å². The molecule has 0 bridgehead atoms. The summed E-state index contributed by atoms with van der Waals surface area (Å²) < 4.78 is 0. The number of hydrogen-bond donors (Lipinski definition) is 3. The molecule has 0 atom stereocenters. The van der Waals surface area contributed by atoms with Crippen LogP contribution in [0.2, 0.25) is 5.02 Å². The number of guanidine groups is 1. The Labute approximate surface area is 119 Å². The number of benzene rings is 1. The van der Waals surface area contributed by atoms with Gasteiger partial charge in [-0.1, -0.05) is 43.6 Å². The lowest BCUT2D eigenvalue weighted by molar-refractivity contribution is 0.0190. The molecule has 4 N–H and O–H groups in total. The van der Waals surface area contributed by atoms with Crippen molar-refractivity contribution in [2.24, 2.45) is 16.6 Å². The Morgan fingerprint density at radius 2 is 2.16 bits per heavy atom. The van der Waals surface area contributed by atoms with Crippen LogP contribution in [0, 0.1) is 5.92 Å². The van der Waals surface area contributed by atoms with Crippen molar-refractivity contribution < 1.29 is 4.84 Å². The molecule has 0 aliphatic heterocycles. The minimum absolute atomic E-state index is 0.254. The predicted octanol–water partition coefficient (Wildman–Crippen LogP) is 2.23. The van der Waals surface area contributed by atoms with E-state index < -0.39 is 0 Å². The zero-order valence-electron chi connectivity index (χ0n) is 11.3. The highest BCUT2D eigenvalue weighted by atomic mass is 35.5. The van der Waals surface area contributed by atoms with E-state index >= 15 is 0 Å². The van der Waals surface area contributed by atoms with E-state index in [-0.39, 0.29) is 5.96 Å². The summed E-state index contributed by atoms with van der Waals surface area (Å²) >= 11 is 6.01. The van der Waals surface area contributed by atoms with E-state index in [2.05, 4.69) is 29.9 Å². The summed E-state index contributed by atoms with van der Waals surface area (Å²) in [7, 11) is 0. The summed E-state index contributed by atoms with van der Waals surface area (Å²) in [6, 6.07) is 7.52. The third-order valence-corrected chi connectivity index (χ3v) is 2.79. The third kappa shape index (κ3) is 7.00. The quantitative estimate of drug-likeness (QED) is 0.311. The van der Waals surface area contributed by atoms with Gasteiger partial charge in [-0.15, -0.1) is 5.59 Å². The second kappa shape index (κ2) is 8.74. The van der Waals surface area contributed by atoms with Crippen LogP contribution in [-0.4, -0.2) is 12.6 Å². The molecule has 1 aromatic rings. The maximum absolute atomic E-state index is 6.01. The van der Waals surface area contributed by atoms with E-state index in [1.807, 2.05) is 24.3 Å². The summed E-state index contributed by atoms with van der Waals surface area (Å²) in [4.78, 5) is 9.29. The van der Waals surface area contributed by atoms with Crippen LogP contribution in [0.15, 0.2) is 29.3 Å². The standard InChI is InChI=1S/C13H21ClN4O/c1-10(2)7-8-19-18-17-13(15)16-9-11-5-3-4-6-12(11)14/h3-6,10,18H,7-9H2,1-2H3,(H3,15,16,17). The second-order valence-electron chi connectivity index (χ2n) is 4.55. The van der Waals surface area contributed by atoms with Gasteiger partial charge in [-0.3, -0.25) is 10.3 Å². The lowest BCUT2D eigenvalue weighted by Crippen LogP contribution is -2.42. The number of halogens is 1. The number of nitrogens with one attached hydrogen (secondary N) is 2. The molecular weight excluding hydrogens is 264 g/mol. The van der Waals surface area contributed by atoms with Gasteiger partial charge in [0.15, 0.2) is 0 Å². The molecule has 0 aliphatic rings. The molecule has 0 aliphatic carbocycles. The summed E-state index contributed by atoms with van der Waals surface area (Å²) in [5.41, 5.74) is 11.8. The van der Waals surface area contributed by atoms with Crippen LogP contribution in [0.3, 0.4) is 0 Å². The highest BCUT2D eigenvalue weighted by molar-refractivity contribution is 6.31. The largest absolute Gasteiger partial charge is 0.369 e. The molecule has 0 heterocycles. The molecule has 0 aromatic heterocycles. The SMILES string of the molecule is CC(C)CCONNC(N)=NCc1ccccc1Cl. The monoisotopic (exact) mass is 284 g/mol. The summed E-state index contributed by atoms with van der Waals surface area (Å²) in [6.07, 6.45) is 0.978. The Bertz CT molecular complexity index is 409. The van der Waals surface area contributed by atoms with Crippen LogP contribution < -0.4 is 16.7 Å². The molecule has 0 spiro atoms. The molecule has 5 nitrogen and oxygen atoms in total. The molecule has 19 heavy (non-hydrogen) atoms. The van der Waals surface area contributed by atoms with Crippen LogP contribution in [0.1, 0.15) is 25.8 Å². The molecule has 0 saturated carbocycles. The Hall–Kier alpha value is -1.30. The van der Waals surface area contributed by atoms with E-state index in [0.29, 0.717) is 24.1 Å². The van der Waals surface area contributed by atoms with Gasteiger partial charge < -0.3 is 5.73 Å². The smallest absolute Gasteiger partial charge is 0.205 e. The van der Waals surface area contributed by atoms with Crippen molar-refractivity contribution in [1.29, 1.82) is 0 Å². The fourth-order valence-corrected chi connectivity index (χ4v) is 1.47. The first-order valence-corrected chi connectivity index (χ1v) is 6.63. The van der Waals surface area contributed by atoms with E-state index in [4.69, 9.17) is 22.2 Å². The number of aliphatic imine (C=N–C) groups is 1. The van der Waals surface area contributed by atoms with Crippen LogP contribution in [-0.2, 0) is 11.4 Å². The van der Waals surface area contributed by atoms with Gasteiger partial charge in [-0.05, 0) is 24.0 Å². The topological polar surface area (TPSA) is 71.7 Å². The van der Waals surface area contributed by atoms with Crippen molar-refractivity contribution in [2.75, 3.05) is 6.61 Å². The van der Waals surface area contributed by atoms with Crippen LogP contribution in [0.5, 0.6) is 0 Å². The van der Waals surface area contributed by atoms with Gasteiger partial charge in [0.25, 0.3) is 0 Å². The van der Waals surface area contributed by atoms with Crippen molar-refractivity contribution in [3.8, 4) is 0 Å². The summed E-state index contributed by atoms with van der Waals surface area (Å²) in [6.45, 7) is 5.31. The van der Waals surface area contributed by atoms with Crippen molar-refractivity contribution >= 4 is 17.6 Å². The molecule has 0 radical (unpaired) electrons. The van der Waals surface area contributed by atoms with Crippen LogP contribution >= 0.6 is 11.6 Å². The van der Waals surface area contributed by atoms with E-state index in [9.17, 15) is 0 Å². The normalized spacial score (nSPS) is 11.9. The average molecular weight is 285 g/mol. The zero-order valence-corrected chi connectivity index (χ0v) is 12.1. The Morgan fingerprint density at radius 3 is 2.84 bits per heavy atom. The molecule has 1 rings (SSSR count). The first-order chi connectivity index (χ1) is 9.09. The first kappa shape index (κ1) is 15.8. The number of hydrazine groups is 1. The Balaban J connectivity index is 2.24. The molecule has 6 heteroatoms. The molecule has 106 valence electrons. The van der Waals surface area contributed by atoms with Gasteiger partial charge in [0.1, 0.15) is 0 Å². The Kier molecular flexibility index (Phi) is 7.25. The van der Waals surface area contributed by atoms with E-state index in [1.54, 1.807) is 0 Å². The number of hydrogen-bond acceptors (Lipinski definition) is 3. The van der Waals surface area contributed by atoms with Gasteiger partial charge >= 0.3 is 0 Å². The summed E-state index contributed by atoms with van der Waals surface area (Å²) in [5.74, 6) is 0.859. The van der Waals surface area contributed by atoms with Crippen molar-refractivity contribution in [1.82, 2.24) is 11.0 Å². The molecular formula is C13H21ClN4O. The average Bonchev–Trinajstić information content (AvgIpc) is 2.37. The van der Waals surface area contributed by atoms with Crippen LogP contribution in [0.25, 0.3) is 0 Å². The minimum atomic E-state index is 0.254. The number of nitrogens with two attached hydrogens (primary N) is 1. The lowest BCUT2D eigenvalue weighted by atomic mass is 10.1. The predicted molar refractivity (Wildman–Crippen MR) is 78.5 cm³/mol. The number of rotatable bonds is 7. The first-order valence-electron chi connectivity index (χ1n) is 6.25. The maximum Gasteiger partial charge on any atom is 0.205 e. The van der Waals surface area contributed by atoms with Crippen LogP contribution in [0.4, 0.5) is 0 Å². The number of nitrogens with zero attached hydrogens (tertiary/aromatic N) is 1. The summed E-state index contributed by atoms with van der Waals surface area (Å²) in [5, 5.41) is 0.681. The zero-order chi connectivity index (χ0) is 14.1. The highest BCUT2D eigenvalue weighted by Gasteiger charge is 1.98. The van der Waals surface area contributed by atoms with E-state index in [0.717, 1.165) is 12.0 Å². The fraction of sp³-hybridized carbons (Fsp3) is 0.462. The fourth-order valence-electron chi connectivity index (χ4n) is 1.27. The second-order valence-corrected chi connectivity index (χ2v) is 4.96. The van der Waals surface area contributed by atoms with Crippen molar-refractivity contribution in [3.05, 3.63) is 34.9 Å². The third-order valence-electron chi connectivity index (χ3n) is 2.43. The molecule has 0 fully saturated rings. The molecule has 0 saturated heterocycles. The van der Waals surface area contributed by atoms with Crippen molar-refractivity contribution in [2.45, 2.75) is 26.8 Å². The molecule has 1 aromatic carbocycles. The van der Waals surface area contributed by atoms with Gasteiger partial charge in [-0.2, -0.15) is 0 Å².